The third kappa shape index (κ3) is 5.05. The summed E-state index contributed by atoms with van der Waals surface area (Å²) in [6, 6.07) is 6.12. The number of hydrogen-bond acceptors (Lipinski definition) is 8. The number of pyridine rings is 1. The van der Waals surface area contributed by atoms with Crippen LogP contribution in [0.5, 0.6) is 0 Å². The lowest BCUT2D eigenvalue weighted by molar-refractivity contribution is -0.133. The lowest BCUT2D eigenvalue weighted by atomic mass is 9.93. The van der Waals surface area contributed by atoms with E-state index < -0.39 is 0 Å². The fourth-order valence-corrected chi connectivity index (χ4v) is 5.38. The number of hydrogen-bond donors (Lipinski definition) is 2. The highest BCUT2D eigenvalue weighted by molar-refractivity contribution is 7.18. The Kier molecular flexibility index (Phi) is 6.27. The molecule has 0 spiro atoms. The molecule has 1 aliphatic heterocycles. The minimum atomic E-state index is -0.200. The van der Waals surface area contributed by atoms with Gasteiger partial charge in [-0.2, -0.15) is 0 Å². The molecular weight excluding hydrogens is 424 g/mol. The Morgan fingerprint density at radius 2 is 1.97 bits per heavy atom. The number of carbonyl (C=O) groups is 1. The van der Waals surface area contributed by atoms with Crippen molar-refractivity contribution in [3.8, 4) is 0 Å². The van der Waals surface area contributed by atoms with E-state index in [-0.39, 0.29) is 18.1 Å². The minimum absolute atomic E-state index is 0.199. The molecule has 0 bridgehead atoms. The fraction of sp³-hybridized carbons (Fsp3) is 0.522. The summed E-state index contributed by atoms with van der Waals surface area (Å²) < 4.78 is 0. The summed E-state index contributed by atoms with van der Waals surface area (Å²) in [5, 5.41) is 14.2. The lowest BCUT2D eigenvalue weighted by Gasteiger charge is -2.28. The molecule has 8 nitrogen and oxygen atoms in total. The van der Waals surface area contributed by atoms with Gasteiger partial charge in [0.25, 0.3) is 0 Å². The number of anilines is 1. The van der Waals surface area contributed by atoms with Crippen LogP contribution in [-0.4, -0.2) is 54.5 Å². The third-order valence-electron chi connectivity index (χ3n) is 6.18. The topological polar surface area (TPSA) is 104 Å². The maximum atomic E-state index is 12.3. The summed E-state index contributed by atoms with van der Waals surface area (Å²) in [5.74, 6) is 0.798. The SMILES string of the molecule is O=C1CCCCN1Cc1cc(Cc2nc3cccnc3s2)nc(NC2CCC(O)CC2)n1. The number of thiazole rings is 1. The molecule has 0 atom stereocenters. The number of aromatic nitrogens is 4. The first-order chi connectivity index (χ1) is 15.6. The first-order valence-corrected chi connectivity index (χ1v) is 12.2. The molecule has 0 radical (unpaired) electrons. The summed E-state index contributed by atoms with van der Waals surface area (Å²) in [5.41, 5.74) is 2.64. The highest BCUT2D eigenvalue weighted by Crippen LogP contribution is 2.24. The standard InChI is InChI=1S/C23H28N6O2S/c30-18-8-6-15(7-9-18)25-23-26-16(13-20-28-19-4-3-10-24-22(19)32-20)12-17(27-23)14-29-11-2-1-5-21(29)31/h3-4,10,12,15,18,30H,1-2,5-9,11,13-14H2,(H,25,26,27). The van der Waals surface area contributed by atoms with Crippen molar-refractivity contribution in [1.29, 1.82) is 0 Å². The van der Waals surface area contributed by atoms with Crippen LogP contribution in [0.4, 0.5) is 5.95 Å². The number of piperidine rings is 1. The first-order valence-electron chi connectivity index (χ1n) is 11.4. The predicted molar refractivity (Wildman–Crippen MR) is 123 cm³/mol. The van der Waals surface area contributed by atoms with Gasteiger partial charge in [-0.3, -0.25) is 4.79 Å². The van der Waals surface area contributed by atoms with E-state index in [0.29, 0.717) is 25.3 Å². The number of fused-ring (bicyclic) bond motifs is 1. The maximum absolute atomic E-state index is 12.3. The Hall–Kier alpha value is -2.65. The highest BCUT2D eigenvalue weighted by Gasteiger charge is 2.22. The van der Waals surface area contributed by atoms with E-state index in [2.05, 4.69) is 10.3 Å². The maximum Gasteiger partial charge on any atom is 0.223 e. The van der Waals surface area contributed by atoms with Gasteiger partial charge in [-0.05, 0) is 56.7 Å². The minimum Gasteiger partial charge on any atom is -0.393 e. The van der Waals surface area contributed by atoms with E-state index in [0.717, 1.165) is 71.8 Å². The quantitative estimate of drug-likeness (QED) is 0.591. The Labute approximate surface area is 191 Å². The van der Waals surface area contributed by atoms with E-state index >= 15 is 0 Å². The van der Waals surface area contributed by atoms with Gasteiger partial charge >= 0.3 is 0 Å². The van der Waals surface area contributed by atoms with Gasteiger partial charge in [-0.1, -0.05) is 11.3 Å². The molecule has 3 aromatic heterocycles. The van der Waals surface area contributed by atoms with Gasteiger partial charge in [-0.25, -0.2) is 19.9 Å². The molecule has 0 aromatic carbocycles. The molecule has 2 N–H and O–H groups in total. The molecule has 2 fully saturated rings. The third-order valence-corrected chi connectivity index (χ3v) is 7.16. The smallest absolute Gasteiger partial charge is 0.223 e. The summed E-state index contributed by atoms with van der Waals surface area (Å²) in [6.07, 6.45) is 8.20. The van der Waals surface area contributed by atoms with Gasteiger partial charge in [0.2, 0.25) is 11.9 Å². The number of likely N-dealkylation sites (tertiary alicyclic amines) is 1. The first kappa shape index (κ1) is 21.2. The molecule has 5 rings (SSSR count). The van der Waals surface area contributed by atoms with Crippen molar-refractivity contribution in [2.75, 3.05) is 11.9 Å². The lowest BCUT2D eigenvalue weighted by Crippen LogP contribution is -2.35. The van der Waals surface area contributed by atoms with Crippen LogP contribution in [0.2, 0.25) is 0 Å². The van der Waals surface area contributed by atoms with Crippen LogP contribution in [0.1, 0.15) is 61.3 Å². The molecule has 9 heteroatoms. The second-order valence-electron chi connectivity index (χ2n) is 8.71. The van der Waals surface area contributed by atoms with Crippen molar-refractivity contribution in [3.05, 3.63) is 40.8 Å². The van der Waals surface area contributed by atoms with Crippen molar-refractivity contribution in [2.45, 2.75) is 70.1 Å². The fourth-order valence-electron chi connectivity index (χ4n) is 4.46. The largest absolute Gasteiger partial charge is 0.393 e. The molecular formula is C23H28N6O2S. The summed E-state index contributed by atoms with van der Waals surface area (Å²) in [4.78, 5) is 33.8. The second-order valence-corrected chi connectivity index (χ2v) is 9.77. The zero-order chi connectivity index (χ0) is 21.9. The molecule has 1 amide bonds. The molecule has 1 aliphatic carbocycles. The van der Waals surface area contributed by atoms with Crippen LogP contribution in [0.25, 0.3) is 10.3 Å². The number of rotatable bonds is 6. The average molecular weight is 453 g/mol. The Balaban J connectivity index is 1.39. The van der Waals surface area contributed by atoms with Gasteiger partial charge in [-0.15, -0.1) is 0 Å². The predicted octanol–water partition coefficient (Wildman–Crippen LogP) is 3.30. The van der Waals surface area contributed by atoms with Gasteiger partial charge in [0, 0.05) is 31.6 Å². The van der Waals surface area contributed by atoms with Crippen molar-refractivity contribution in [2.24, 2.45) is 0 Å². The van der Waals surface area contributed by atoms with E-state index in [1.165, 1.54) is 0 Å². The van der Waals surface area contributed by atoms with Crippen LogP contribution in [0.3, 0.4) is 0 Å². The van der Waals surface area contributed by atoms with Crippen LogP contribution in [-0.2, 0) is 17.8 Å². The van der Waals surface area contributed by atoms with Gasteiger partial charge in [0.05, 0.1) is 24.0 Å². The van der Waals surface area contributed by atoms with E-state index in [1.54, 1.807) is 17.5 Å². The van der Waals surface area contributed by atoms with Crippen LogP contribution in [0.15, 0.2) is 24.4 Å². The molecule has 1 saturated heterocycles. The number of nitrogens with one attached hydrogen (secondary N) is 1. The summed E-state index contributed by atoms with van der Waals surface area (Å²) in [6.45, 7) is 1.29. The molecule has 168 valence electrons. The van der Waals surface area contributed by atoms with Gasteiger partial charge in [0.1, 0.15) is 15.4 Å². The summed E-state index contributed by atoms with van der Waals surface area (Å²) in [7, 11) is 0. The van der Waals surface area contributed by atoms with Crippen LogP contribution >= 0.6 is 11.3 Å². The molecule has 4 heterocycles. The normalized spacial score (nSPS) is 21.8. The van der Waals surface area contributed by atoms with Gasteiger partial charge in [0.15, 0.2) is 0 Å². The summed E-state index contributed by atoms with van der Waals surface area (Å²) >= 11 is 1.58. The zero-order valence-electron chi connectivity index (χ0n) is 18.0. The number of aliphatic hydroxyl groups is 1. The molecule has 1 saturated carbocycles. The van der Waals surface area contributed by atoms with Crippen molar-refractivity contribution < 1.29 is 9.90 Å². The number of carbonyl (C=O) groups excluding carboxylic acids is 1. The molecule has 3 aromatic rings. The Bertz CT molecular complexity index is 1060. The van der Waals surface area contributed by atoms with Crippen molar-refractivity contribution in [1.82, 2.24) is 24.8 Å². The van der Waals surface area contributed by atoms with Crippen molar-refractivity contribution >= 4 is 33.5 Å². The van der Waals surface area contributed by atoms with E-state index in [9.17, 15) is 9.90 Å². The zero-order valence-corrected chi connectivity index (χ0v) is 18.9. The van der Waals surface area contributed by atoms with Crippen LogP contribution < -0.4 is 5.32 Å². The average Bonchev–Trinajstić information content (AvgIpc) is 3.19. The van der Waals surface area contributed by atoms with Crippen LogP contribution in [0, 0.1) is 0 Å². The molecule has 32 heavy (non-hydrogen) atoms. The number of amides is 1. The Morgan fingerprint density at radius 1 is 1.12 bits per heavy atom. The number of aliphatic hydroxyl groups excluding tert-OH is 1. The van der Waals surface area contributed by atoms with Gasteiger partial charge < -0.3 is 15.3 Å². The number of nitrogens with zero attached hydrogens (tertiary/aromatic N) is 5. The highest BCUT2D eigenvalue weighted by atomic mass is 32.1. The molecule has 0 unspecified atom stereocenters. The second kappa shape index (κ2) is 9.46. The Morgan fingerprint density at radius 3 is 2.78 bits per heavy atom. The van der Waals surface area contributed by atoms with E-state index in [4.69, 9.17) is 15.0 Å². The van der Waals surface area contributed by atoms with E-state index in [1.807, 2.05) is 23.1 Å². The van der Waals surface area contributed by atoms with Crippen molar-refractivity contribution in [3.63, 3.8) is 0 Å². The molecule has 2 aliphatic rings. The monoisotopic (exact) mass is 452 g/mol.